The predicted molar refractivity (Wildman–Crippen MR) is 176 cm³/mol. The molecule has 4 aliphatic carbocycles. The fourth-order valence-electron chi connectivity index (χ4n) is 8.09. The van der Waals surface area contributed by atoms with Gasteiger partial charge in [-0.15, -0.1) is 0 Å². The third-order valence-corrected chi connectivity index (χ3v) is 9.81. The van der Waals surface area contributed by atoms with Crippen molar-refractivity contribution in [3.8, 4) is 22.3 Å². The Labute approximate surface area is 247 Å². The van der Waals surface area contributed by atoms with E-state index in [9.17, 15) is 0 Å². The van der Waals surface area contributed by atoms with Crippen molar-refractivity contribution in [1.29, 1.82) is 0 Å². The number of nitrogens with one attached hydrogen (secondary N) is 1. The Bertz CT molecular complexity index is 1990. The number of hydrogen-bond acceptors (Lipinski definition) is 1. The van der Waals surface area contributed by atoms with Crippen LogP contribution >= 0.6 is 0 Å². The van der Waals surface area contributed by atoms with Crippen molar-refractivity contribution in [3.05, 3.63) is 166 Å². The third kappa shape index (κ3) is 3.25. The first-order chi connectivity index (χ1) is 20.8. The van der Waals surface area contributed by atoms with Gasteiger partial charge in [0.1, 0.15) is 0 Å². The number of benzene rings is 5. The van der Waals surface area contributed by atoms with E-state index in [2.05, 4.69) is 139 Å². The second-order valence-corrected chi connectivity index (χ2v) is 12.0. The molecule has 1 atom stereocenters. The highest BCUT2D eigenvalue weighted by molar-refractivity contribution is 5.99. The number of allylic oxidation sites excluding steroid dienone is 5. The van der Waals surface area contributed by atoms with Crippen LogP contribution in [0.2, 0.25) is 0 Å². The van der Waals surface area contributed by atoms with Crippen molar-refractivity contribution in [2.45, 2.75) is 31.1 Å². The summed E-state index contributed by atoms with van der Waals surface area (Å²) < 4.78 is 0. The lowest BCUT2D eigenvalue weighted by molar-refractivity contribution is 0.710. The molecule has 0 bridgehead atoms. The molecule has 4 aliphatic rings. The summed E-state index contributed by atoms with van der Waals surface area (Å²) in [7, 11) is 0. The molecule has 0 aliphatic heterocycles. The Morgan fingerprint density at radius 1 is 0.548 bits per heavy atom. The van der Waals surface area contributed by atoms with Gasteiger partial charge in [0.2, 0.25) is 0 Å². The first-order valence-electron chi connectivity index (χ1n) is 15.2. The summed E-state index contributed by atoms with van der Waals surface area (Å²) in [6.07, 6.45) is 14.0. The molecule has 1 N–H and O–H groups in total. The number of rotatable bonds is 3. The van der Waals surface area contributed by atoms with Crippen LogP contribution in [0.4, 0.5) is 11.4 Å². The molecule has 0 amide bonds. The van der Waals surface area contributed by atoms with Crippen LogP contribution in [0.5, 0.6) is 0 Å². The van der Waals surface area contributed by atoms with Gasteiger partial charge in [0.05, 0.1) is 5.41 Å². The van der Waals surface area contributed by atoms with E-state index in [1.807, 2.05) is 0 Å². The van der Waals surface area contributed by atoms with E-state index in [1.54, 1.807) is 5.57 Å². The van der Waals surface area contributed by atoms with Crippen molar-refractivity contribution in [1.82, 2.24) is 0 Å². The second-order valence-electron chi connectivity index (χ2n) is 12.0. The smallest absolute Gasteiger partial charge is 0.0695 e. The maximum Gasteiger partial charge on any atom is 0.0695 e. The topological polar surface area (TPSA) is 12.0 Å². The first kappa shape index (κ1) is 23.8. The normalized spacial score (nSPS) is 18.9. The van der Waals surface area contributed by atoms with Crippen LogP contribution < -0.4 is 5.32 Å². The molecule has 200 valence electrons. The lowest BCUT2D eigenvalue weighted by Gasteiger charge is -2.35. The van der Waals surface area contributed by atoms with Gasteiger partial charge in [0.25, 0.3) is 0 Å². The van der Waals surface area contributed by atoms with Gasteiger partial charge in [0, 0.05) is 11.4 Å². The van der Waals surface area contributed by atoms with Crippen LogP contribution in [-0.4, -0.2) is 0 Å². The van der Waals surface area contributed by atoms with E-state index < -0.39 is 0 Å². The van der Waals surface area contributed by atoms with Gasteiger partial charge in [-0.25, -0.2) is 0 Å². The fraction of sp³-hybridized carbons (Fsp3) is 0.122. The largest absolute Gasteiger partial charge is 0.356 e. The minimum absolute atomic E-state index is 0.261. The third-order valence-electron chi connectivity index (χ3n) is 9.81. The van der Waals surface area contributed by atoms with Gasteiger partial charge in [0.15, 0.2) is 0 Å². The monoisotopic (exact) mass is 537 g/mol. The summed E-state index contributed by atoms with van der Waals surface area (Å²) in [6, 6.07) is 40.4. The number of aryl methyl sites for hydroxylation is 1. The van der Waals surface area contributed by atoms with Crippen molar-refractivity contribution in [2.24, 2.45) is 0 Å². The highest BCUT2D eigenvalue weighted by Gasteiger charge is 2.53. The van der Waals surface area contributed by atoms with Crippen LogP contribution in [0.1, 0.15) is 52.6 Å². The molecule has 0 saturated heterocycles. The van der Waals surface area contributed by atoms with E-state index in [-0.39, 0.29) is 5.41 Å². The van der Waals surface area contributed by atoms with Crippen molar-refractivity contribution in [2.75, 3.05) is 5.32 Å². The molecule has 0 heterocycles. The Kier molecular flexibility index (Phi) is 5.13. The molecular weight excluding hydrogens is 506 g/mol. The summed E-state index contributed by atoms with van der Waals surface area (Å²) in [4.78, 5) is 0. The molecule has 5 aromatic carbocycles. The van der Waals surface area contributed by atoms with Crippen LogP contribution in [0.3, 0.4) is 0 Å². The van der Waals surface area contributed by atoms with E-state index in [0.29, 0.717) is 0 Å². The summed E-state index contributed by atoms with van der Waals surface area (Å²) >= 11 is 0. The van der Waals surface area contributed by atoms with Gasteiger partial charge in [-0.3, -0.25) is 0 Å². The molecule has 9 rings (SSSR count). The molecule has 1 heteroatoms. The summed E-state index contributed by atoms with van der Waals surface area (Å²) in [5.41, 5.74) is 18.9. The molecule has 42 heavy (non-hydrogen) atoms. The van der Waals surface area contributed by atoms with E-state index in [1.165, 1.54) is 61.2 Å². The highest BCUT2D eigenvalue weighted by Crippen LogP contribution is 2.65. The molecular formula is C41H31N. The average Bonchev–Trinajstić information content (AvgIpc) is 3.53. The van der Waals surface area contributed by atoms with Gasteiger partial charge in [-0.2, -0.15) is 0 Å². The standard InChI is InChI=1S/C41H31N/c1-2-10-27(11-3-1)28-18-21-30(22-19-28)42-31-23-25-35-33-14-6-8-16-37(33)41(39(35)26-31)38-17-9-7-15-34(38)36-24-20-29-12-4-5-13-32(29)40(36)41/h1-3,5-7,9-11,13-15,17-26,42H,4,8,12,16H2. The molecule has 1 nitrogen and oxygen atoms in total. The van der Waals surface area contributed by atoms with E-state index in [0.717, 1.165) is 37.1 Å². The molecule has 0 saturated carbocycles. The van der Waals surface area contributed by atoms with Crippen LogP contribution in [0, 0.1) is 0 Å². The van der Waals surface area contributed by atoms with E-state index in [4.69, 9.17) is 0 Å². The zero-order valence-electron chi connectivity index (χ0n) is 23.5. The molecule has 1 spiro atoms. The lowest BCUT2D eigenvalue weighted by Crippen LogP contribution is -2.29. The van der Waals surface area contributed by atoms with Crippen molar-refractivity contribution in [3.63, 3.8) is 0 Å². The number of fused-ring (bicyclic) bond motifs is 11. The second kappa shape index (κ2) is 9.06. The quantitative estimate of drug-likeness (QED) is 0.241. The Balaban J connectivity index is 1.23. The lowest BCUT2D eigenvalue weighted by atomic mass is 9.66. The number of hydrogen-bond donors (Lipinski definition) is 1. The zero-order valence-corrected chi connectivity index (χ0v) is 23.5. The van der Waals surface area contributed by atoms with Crippen LogP contribution in [0.25, 0.3) is 33.9 Å². The molecule has 5 aromatic rings. The van der Waals surface area contributed by atoms with Crippen LogP contribution in [0.15, 0.2) is 133 Å². The summed E-state index contributed by atoms with van der Waals surface area (Å²) in [6.45, 7) is 0. The van der Waals surface area contributed by atoms with Crippen molar-refractivity contribution < 1.29 is 0 Å². The van der Waals surface area contributed by atoms with Crippen LogP contribution in [-0.2, 0) is 11.8 Å². The predicted octanol–water partition coefficient (Wildman–Crippen LogP) is 10.5. The minimum Gasteiger partial charge on any atom is -0.356 e. The maximum absolute atomic E-state index is 3.76. The Morgan fingerprint density at radius 2 is 1.29 bits per heavy atom. The van der Waals surface area contributed by atoms with Gasteiger partial charge in [-0.1, -0.05) is 109 Å². The molecule has 0 radical (unpaired) electrons. The SMILES string of the molecule is C1=CC2=C(CC1)C1(c3cc(Nc4ccc(-c5ccccc5)cc4)ccc32)c2ccccc2-c2ccc3c(c21)C=CCC3. The highest BCUT2D eigenvalue weighted by atomic mass is 14.9. The molecule has 0 aromatic heterocycles. The first-order valence-corrected chi connectivity index (χ1v) is 15.2. The Hall–Kier alpha value is -4.88. The molecule has 0 fully saturated rings. The summed E-state index contributed by atoms with van der Waals surface area (Å²) in [5.74, 6) is 0. The fourth-order valence-corrected chi connectivity index (χ4v) is 8.09. The zero-order chi connectivity index (χ0) is 27.7. The maximum atomic E-state index is 3.76. The number of anilines is 2. The summed E-state index contributed by atoms with van der Waals surface area (Å²) in [5, 5.41) is 3.76. The molecule has 1 unspecified atom stereocenters. The van der Waals surface area contributed by atoms with Gasteiger partial charge < -0.3 is 5.32 Å². The van der Waals surface area contributed by atoms with Crippen molar-refractivity contribution >= 4 is 23.0 Å². The average molecular weight is 538 g/mol. The van der Waals surface area contributed by atoms with Gasteiger partial charge >= 0.3 is 0 Å². The minimum atomic E-state index is -0.261. The van der Waals surface area contributed by atoms with Gasteiger partial charge in [-0.05, 0) is 117 Å². The Morgan fingerprint density at radius 3 is 2.19 bits per heavy atom. The van der Waals surface area contributed by atoms with E-state index >= 15 is 0 Å².